The second-order valence-corrected chi connectivity index (χ2v) is 7.60. The maximum absolute atomic E-state index is 12.3. The molecule has 7 heteroatoms. The van der Waals surface area contributed by atoms with Gasteiger partial charge in [0.25, 0.3) is 5.91 Å². The lowest BCUT2D eigenvalue weighted by molar-refractivity contribution is -0.120. The normalized spacial score (nSPS) is 14.7. The second-order valence-electron chi connectivity index (χ2n) is 5.75. The van der Waals surface area contributed by atoms with Gasteiger partial charge in [0.15, 0.2) is 11.5 Å². The van der Waals surface area contributed by atoms with Crippen LogP contribution in [-0.2, 0) is 4.79 Å². The number of nitrogens with zero attached hydrogens (tertiary/aromatic N) is 1. The molecule has 2 aromatic rings. The summed E-state index contributed by atoms with van der Waals surface area (Å²) in [6, 6.07) is 13.0. The van der Waals surface area contributed by atoms with Crippen molar-refractivity contribution in [3.63, 3.8) is 0 Å². The van der Waals surface area contributed by atoms with Gasteiger partial charge in [-0.05, 0) is 56.3 Å². The lowest BCUT2D eigenvalue weighted by atomic mass is 10.1. The molecule has 2 aromatic carbocycles. The number of ether oxygens (including phenoxy) is 2. The topological polar surface area (TPSA) is 59.9 Å². The molecular formula is C19H19ClN2O3S. The summed E-state index contributed by atoms with van der Waals surface area (Å²) in [5.41, 5.74) is 4.18. The van der Waals surface area contributed by atoms with Gasteiger partial charge in [0.05, 0.1) is 11.0 Å². The Bertz CT molecular complexity index is 824. The van der Waals surface area contributed by atoms with Crippen molar-refractivity contribution in [1.82, 2.24) is 5.43 Å². The van der Waals surface area contributed by atoms with E-state index < -0.39 is 0 Å². The van der Waals surface area contributed by atoms with Crippen LogP contribution in [0, 0.1) is 0 Å². The molecule has 26 heavy (non-hydrogen) atoms. The molecule has 1 amide bonds. The van der Waals surface area contributed by atoms with E-state index in [1.807, 2.05) is 44.2 Å². The number of thioether (sulfide) groups is 1. The Morgan fingerprint density at radius 1 is 1.15 bits per heavy atom. The van der Waals surface area contributed by atoms with Crippen LogP contribution in [0.2, 0.25) is 5.02 Å². The summed E-state index contributed by atoms with van der Waals surface area (Å²) in [6.07, 6.45) is 0. The molecule has 0 bridgehead atoms. The zero-order valence-electron chi connectivity index (χ0n) is 14.5. The first-order valence-electron chi connectivity index (χ1n) is 8.19. The number of amides is 1. The fourth-order valence-corrected chi connectivity index (χ4v) is 3.32. The Morgan fingerprint density at radius 2 is 1.85 bits per heavy atom. The molecule has 1 atom stereocenters. The summed E-state index contributed by atoms with van der Waals surface area (Å²) in [4.78, 5) is 13.2. The van der Waals surface area contributed by atoms with Crippen LogP contribution in [0.25, 0.3) is 0 Å². The standard InChI is InChI=1S/C19H19ClN2O3S/c1-12(14-3-8-17-18(11-14)25-10-9-24-17)21-22-19(23)13(2)26-16-6-4-15(20)5-7-16/h3-8,11,13H,9-10H2,1-2H3,(H,22,23)/b21-12-/t13-/m1/s1. The van der Waals surface area contributed by atoms with Crippen molar-refractivity contribution < 1.29 is 14.3 Å². The predicted octanol–water partition coefficient (Wildman–Crippen LogP) is 4.13. The number of hydrazone groups is 1. The van der Waals surface area contributed by atoms with Crippen molar-refractivity contribution in [2.75, 3.05) is 13.2 Å². The smallest absolute Gasteiger partial charge is 0.253 e. The van der Waals surface area contributed by atoms with E-state index >= 15 is 0 Å². The van der Waals surface area contributed by atoms with Gasteiger partial charge >= 0.3 is 0 Å². The fraction of sp³-hybridized carbons (Fsp3) is 0.263. The van der Waals surface area contributed by atoms with E-state index in [0.29, 0.717) is 29.7 Å². The molecule has 0 aliphatic carbocycles. The monoisotopic (exact) mass is 390 g/mol. The maximum atomic E-state index is 12.3. The predicted molar refractivity (Wildman–Crippen MR) is 105 cm³/mol. The van der Waals surface area contributed by atoms with Gasteiger partial charge in [0.1, 0.15) is 13.2 Å². The van der Waals surface area contributed by atoms with Crippen LogP contribution in [0.4, 0.5) is 0 Å². The van der Waals surface area contributed by atoms with Gasteiger partial charge in [-0.25, -0.2) is 5.43 Å². The Hall–Kier alpha value is -2.18. The van der Waals surface area contributed by atoms with Crippen LogP contribution in [0.5, 0.6) is 11.5 Å². The summed E-state index contributed by atoms with van der Waals surface area (Å²) in [5, 5.41) is 4.59. The number of carbonyl (C=O) groups is 1. The Morgan fingerprint density at radius 3 is 2.58 bits per heavy atom. The molecule has 0 unspecified atom stereocenters. The molecule has 3 rings (SSSR count). The summed E-state index contributed by atoms with van der Waals surface area (Å²) in [7, 11) is 0. The summed E-state index contributed by atoms with van der Waals surface area (Å²) < 4.78 is 11.1. The number of hydrogen-bond acceptors (Lipinski definition) is 5. The summed E-state index contributed by atoms with van der Waals surface area (Å²) in [5.74, 6) is 1.26. The molecule has 0 fully saturated rings. The van der Waals surface area contributed by atoms with Crippen LogP contribution in [0.1, 0.15) is 19.4 Å². The SMILES string of the molecule is C/C(=N/NC(=O)[C@@H](C)Sc1ccc(Cl)cc1)c1ccc2c(c1)OCCO2. The zero-order chi connectivity index (χ0) is 18.5. The number of benzene rings is 2. The first-order chi connectivity index (χ1) is 12.5. The first kappa shape index (κ1) is 18.6. The number of carbonyl (C=O) groups excluding carboxylic acids is 1. The second kappa shape index (κ2) is 8.47. The fourth-order valence-electron chi connectivity index (χ4n) is 2.33. The summed E-state index contributed by atoms with van der Waals surface area (Å²) in [6.45, 7) is 4.76. The molecule has 136 valence electrons. The molecule has 5 nitrogen and oxygen atoms in total. The third kappa shape index (κ3) is 4.71. The third-order valence-corrected chi connectivity index (χ3v) is 5.15. The average molecular weight is 391 g/mol. The maximum Gasteiger partial charge on any atom is 0.253 e. The van der Waals surface area contributed by atoms with Gasteiger partial charge < -0.3 is 9.47 Å². The minimum Gasteiger partial charge on any atom is -0.486 e. The Kier molecular flexibility index (Phi) is 6.06. The van der Waals surface area contributed by atoms with Crippen molar-refractivity contribution in [1.29, 1.82) is 0 Å². The molecule has 1 aliphatic rings. The highest BCUT2D eigenvalue weighted by molar-refractivity contribution is 8.00. The lowest BCUT2D eigenvalue weighted by Gasteiger charge is -2.18. The Balaban J connectivity index is 1.60. The number of hydrogen-bond donors (Lipinski definition) is 1. The van der Waals surface area contributed by atoms with Crippen molar-refractivity contribution in [3.05, 3.63) is 53.1 Å². The number of rotatable bonds is 5. The largest absolute Gasteiger partial charge is 0.486 e. The van der Waals surface area contributed by atoms with Gasteiger partial charge in [-0.15, -0.1) is 11.8 Å². The van der Waals surface area contributed by atoms with E-state index in [0.717, 1.165) is 16.2 Å². The molecule has 1 heterocycles. The minimum atomic E-state index is -0.284. The molecule has 0 saturated carbocycles. The molecule has 1 N–H and O–H groups in total. The van der Waals surface area contributed by atoms with Crippen LogP contribution < -0.4 is 14.9 Å². The Labute approximate surface area is 161 Å². The van der Waals surface area contributed by atoms with E-state index in [2.05, 4.69) is 10.5 Å². The molecule has 0 aromatic heterocycles. The molecular weight excluding hydrogens is 372 g/mol. The van der Waals surface area contributed by atoms with Gasteiger partial charge in [-0.1, -0.05) is 11.6 Å². The van der Waals surface area contributed by atoms with E-state index in [-0.39, 0.29) is 11.2 Å². The van der Waals surface area contributed by atoms with Gasteiger partial charge in [0.2, 0.25) is 0 Å². The molecule has 1 aliphatic heterocycles. The highest BCUT2D eigenvalue weighted by Crippen LogP contribution is 2.31. The summed E-state index contributed by atoms with van der Waals surface area (Å²) >= 11 is 7.32. The van der Waals surface area contributed by atoms with Crippen LogP contribution in [0.15, 0.2) is 52.5 Å². The van der Waals surface area contributed by atoms with E-state index in [1.165, 1.54) is 11.8 Å². The van der Waals surface area contributed by atoms with Crippen molar-refractivity contribution >= 4 is 35.0 Å². The minimum absolute atomic E-state index is 0.165. The van der Waals surface area contributed by atoms with Gasteiger partial charge in [0, 0.05) is 15.5 Å². The average Bonchev–Trinajstić information content (AvgIpc) is 2.67. The highest BCUT2D eigenvalue weighted by Gasteiger charge is 2.15. The van der Waals surface area contributed by atoms with Crippen molar-refractivity contribution in [2.45, 2.75) is 24.0 Å². The zero-order valence-corrected chi connectivity index (χ0v) is 16.1. The van der Waals surface area contributed by atoms with Crippen LogP contribution >= 0.6 is 23.4 Å². The van der Waals surface area contributed by atoms with E-state index in [1.54, 1.807) is 12.1 Å². The number of fused-ring (bicyclic) bond motifs is 1. The van der Waals surface area contributed by atoms with Crippen molar-refractivity contribution in [3.8, 4) is 11.5 Å². The molecule has 0 radical (unpaired) electrons. The number of nitrogens with one attached hydrogen (secondary N) is 1. The quantitative estimate of drug-likeness (QED) is 0.473. The van der Waals surface area contributed by atoms with E-state index in [9.17, 15) is 4.79 Å². The first-order valence-corrected chi connectivity index (χ1v) is 9.45. The third-order valence-electron chi connectivity index (χ3n) is 3.79. The number of halogens is 1. The molecule has 0 spiro atoms. The van der Waals surface area contributed by atoms with Crippen LogP contribution in [-0.4, -0.2) is 30.1 Å². The van der Waals surface area contributed by atoms with E-state index in [4.69, 9.17) is 21.1 Å². The van der Waals surface area contributed by atoms with Crippen LogP contribution in [0.3, 0.4) is 0 Å². The van der Waals surface area contributed by atoms with Gasteiger partial charge in [-0.2, -0.15) is 5.10 Å². The van der Waals surface area contributed by atoms with Gasteiger partial charge in [-0.3, -0.25) is 4.79 Å². The van der Waals surface area contributed by atoms with Crippen molar-refractivity contribution in [2.24, 2.45) is 5.10 Å². The highest BCUT2D eigenvalue weighted by atomic mass is 35.5. The lowest BCUT2D eigenvalue weighted by Crippen LogP contribution is -2.27. The molecule has 0 saturated heterocycles.